The number of carbonyl (C=O) groups excluding carboxylic acids is 2. The van der Waals surface area contributed by atoms with Gasteiger partial charge in [0.25, 0.3) is 5.91 Å². The van der Waals surface area contributed by atoms with Crippen LogP contribution in [0.3, 0.4) is 0 Å². The topological polar surface area (TPSA) is 95.9 Å². The molecule has 140 valence electrons. The lowest BCUT2D eigenvalue weighted by molar-refractivity contribution is -0.128. The summed E-state index contributed by atoms with van der Waals surface area (Å²) in [7, 11) is 0. The van der Waals surface area contributed by atoms with E-state index in [2.05, 4.69) is 5.32 Å². The number of hydrogen-bond donors (Lipinski definition) is 2. The van der Waals surface area contributed by atoms with Crippen molar-refractivity contribution in [2.75, 3.05) is 11.4 Å². The minimum atomic E-state index is -1.09. The summed E-state index contributed by atoms with van der Waals surface area (Å²) in [6.07, 6.45) is -0.805. The van der Waals surface area contributed by atoms with E-state index in [0.29, 0.717) is 5.69 Å². The summed E-state index contributed by atoms with van der Waals surface area (Å²) in [4.78, 5) is 37.5. The average Bonchev–Trinajstić information content (AvgIpc) is 2.65. The van der Waals surface area contributed by atoms with Gasteiger partial charge in [-0.1, -0.05) is 30.3 Å². The fourth-order valence-corrected chi connectivity index (χ4v) is 2.96. The van der Waals surface area contributed by atoms with Gasteiger partial charge in [-0.15, -0.1) is 0 Å². The zero-order valence-corrected chi connectivity index (χ0v) is 15.0. The van der Waals surface area contributed by atoms with Crippen LogP contribution >= 0.6 is 0 Å². The predicted octanol–water partition coefficient (Wildman–Crippen LogP) is 2.38. The van der Waals surface area contributed by atoms with Gasteiger partial charge in [0.1, 0.15) is 12.3 Å². The third-order valence-corrected chi connectivity index (χ3v) is 4.39. The molecule has 2 N–H and O–H groups in total. The minimum Gasteiger partial charge on any atom is -0.479 e. The Morgan fingerprint density at radius 3 is 2.59 bits per heavy atom. The summed E-state index contributed by atoms with van der Waals surface area (Å²) in [6, 6.07) is 13.5. The van der Waals surface area contributed by atoms with Crippen molar-refractivity contribution in [1.82, 2.24) is 5.32 Å². The maximum absolute atomic E-state index is 12.5. The number of benzene rings is 2. The van der Waals surface area contributed by atoms with Crippen molar-refractivity contribution in [2.45, 2.75) is 26.0 Å². The van der Waals surface area contributed by atoms with Crippen LogP contribution in [0.2, 0.25) is 0 Å². The van der Waals surface area contributed by atoms with Crippen molar-refractivity contribution in [2.24, 2.45) is 0 Å². The van der Waals surface area contributed by atoms with Crippen LogP contribution in [0.4, 0.5) is 5.69 Å². The standard InChI is InChI=1S/C20H20N2O5/c1-12(14-6-4-3-5-7-14)21-18(23)11-22-16-9-8-15(20(25)26)10-17(16)27-13(2)19(22)24/h3-10,12-13H,11H2,1-2H3,(H,21,23)(H,25,26). The summed E-state index contributed by atoms with van der Waals surface area (Å²) in [5.74, 6) is -1.49. The molecule has 3 rings (SSSR count). The molecule has 0 aliphatic carbocycles. The molecule has 7 nitrogen and oxygen atoms in total. The number of fused-ring (bicyclic) bond motifs is 1. The van der Waals surface area contributed by atoms with E-state index in [0.717, 1.165) is 5.56 Å². The quantitative estimate of drug-likeness (QED) is 0.845. The lowest BCUT2D eigenvalue weighted by Gasteiger charge is -2.33. The Balaban J connectivity index is 1.78. The Morgan fingerprint density at radius 1 is 1.22 bits per heavy atom. The van der Waals surface area contributed by atoms with Gasteiger partial charge >= 0.3 is 5.97 Å². The van der Waals surface area contributed by atoms with Crippen molar-refractivity contribution < 1.29 is 24.2 Å². The van der Waals surface area contributed by atoms with Crippen molar-refractivity contribution in [3.05, 3.63) is 59.7 Å². The fraction of sp³-hybridized carbons (Fsp3) is 0.250. The predicted molar refractivity (Wildman–Crippen MR) is 98.8 cm³/mol. The van der Waals surface area contributed by atoms with Gasteiger partial charge in [-0.2, -0.15) is 0 Å². The van der Waals surface area contributed by atoms with E-state index in [1.807, 2.05) is 37.3 Å². The van der Waals surface area contributed by atoms with Gasteiger partial charge in [0.2, 0.25) is 5.91 Å². The average molecular weight is 368 g/mol. The number of anilines is 1. The number of rotatable bonds is 5. The number of amides is 2. The van der Waals surface area contributed by atoms with E-state index in [1.54, 1.807) is 6.92 Å². The first kappa shape index (κ1) is 18.4. The normalized spacial score (nSPS) is 16.9. The molecule has 0 spiro atoms. The SMILES string of the molecule is CC1Oc2cc(C(=O)O)ccc2N(CC(=O)NC(C)c2ccccc2)C1=O. The number of hydrogen-bond acceptors (Lipinski definition) is 4. The number of nitrogens with one attached hydrogen (secondary N) is 1. The van der Waals surface area contributed by atoms with E-state index >= 15 is 0 Å². The second kappa shape index (κ2) is 7.49. The molecule has 0 fully saturated rings. The van der Waals surface area contributed by atoms with E-state index in [9.17, 15) is 14.4 Å². The van der Waals surface area contributed by atoms with Gasteiger partial charge < -0.3 is 15.2 Å². The number of carbonyl (C=O) groups is 3. The smallest absolute Gasteiger partial charge is 0.335 e. The minimum absolute atomic E-state index is 0.0531. The Morgan fingerprint density at radius 2 is 1.93 bits per heavy atom. The molecule has 1 aliphatic rings. The Labute approximate surface area is 156 Å². The highest BCUT2D eigenvalue weighted by Crippen LogP contribution is 2.34. The molecule has 2 aromatic carbocycles. The Bertz CT molecular complexity index is 881. The van der Waals surface area contributed by atoms with E-state index < -0.39 is 12.1 Å². The van der Waals surface area contributed by atoms with Gasteiger partial charge in [0, 0.05) is 0 Å². The van der Waals surface area contributed by atoms with Crippen molar-refractivity contribution in [3.8, 4) is 5.75 Å². The summed E-state index contributed by atoms with van der Waals surface area (Å²) in [5.41, 5.74) is 1.39. The van der Waals surface area contributed by atoms with Crippen LogP contribution in [-0.2, 0) is 9.59 Å². The van der Waals surface area contributed by atoms with Crippen LogP contribution in [0.25, 0.3) is 0 Å². The summed E-state index contributed by atoms with van der Waals surface area (Å²) < 4.78 is 5.51. The number of aromatic carboxylic acids is 1. The summed E-state index contributed by atoms with van der Waals surface area (Å²) >= 11 is 0. The molecule has 0 radical (unpaired) electrons. The second-order valence-corrected chi connectivity index (χ2v) is 6.37. The van der Waals surface area contributed by atoms with Gasteiger partial charge in [0.15, 0.2) is 6.10 Å². The van der Waals surface area contributed by atoms with Crippen LogP contribution in [-0.4, -0.2) is 35.5 Å². The molecule has 0 bridgehead atoms. The van der Waals surface area contributed by atoms with E-state index in [-0.39, 0.29) is 35.7 Å². The molecule has 0 saturated carbocycles. The maximum atomic E-state index is 12.5. The zero-order chi connectivity index (χ0) is 19.6. The molecule has 1 heterocycles. The van der Waals surface area contributed by atoms with E-state index in [1.165, 1.54) is 23.1 Å². The molecule has 2 aromatic rings. The van der Waals surface area contributed by atoms with Gasteiger partial charge in [-0.3, -0.25) is 14.5 Å². The highest BCUT2D eigenvalue weighted by atomic mass is 16.5. The summed E-state index contributed by atoms with van der Waals surface area (Å²) in [5, 5.41) is 12.0. The molecular formula is C20H20N2O5. The zero-order valence-electron chi connectivity index (χ0n) is 15.0. The third kappa shape index (κ3) is 3.92. The first-order chi connectivity index (χ1) is 12.9. The van der Waals surface area contributed by atoms with Crippen LogP contribution in [0, 0.1) is 0 Å². The van der Waals surface area contributed by atoms with Crippen LogP contribution in [0.5, 0.6) is 5.75 Å². The van der Waals surface area contributed by atoms with Crippen LogP contribution in [0.1, 0.15) is 35.8 Å². The van der Waals surface area contributed by atoms with Crippen LogP contribution in [0.15, 0.2) is 48.5 Å². The summed E-state index contributed by atoms with van der Waals surface area (Å²) in [6.45, 7) is 3.25. The largest absolute Gasteiger partial charge is 0.479 e. The molecule has 0 saturated heterocycles. The lowest BCUT2D eigenvalue weighted by atomic mass is 10.1. The van der Waals surface area contributed by atoms with Crippen molar-refractivity contribution in [3.63, 3.8) is 0 Å². The van der Waals surface area contributed by atoms with Gasteiger partial charge in [0.05, 0.1) is 17.3 Å². The molecule has 7 heteroatoms. The number of carboxylic acids is 1. The molecule has 0 aromatic heterocycles. The number of ether oxygens (including phenoxy) is 1. The molecule has 1 aliphatic heterocycles. The first-order valence-corrected chi connectivity index (χ1v) is 8.56. The maximum Gasteiger partial charge on any atom is 0.335 e. The van der Waals surface area contributed by atoms with Gasteiger partial charge in [-0.25, -0.2) is 4.79 Å². The molecule has 27 heavy (non-hydrogen) atoms. The highest BCUT2D eigenvalue weighted by molar-refractivity contribution is 6.04. The fourth-order valence-electron chi connectivity index (χ4n) is 2.96. The van der Waals surface area contributed by atoms with Gasteiger partial charge in [-0.05, 0) is 37.6 Å². The number of carboxylic acid groups (broad SMARTS) is 1. The van der Waals surface area contributed by atoms with Crippen LogP contribution < -0.4 is 15.0 Å². The first-order valence-electron chi connectivity index (χ1n) is 8.56. The molecule has 2 amide bonds. The highest BCUT2D eigenvalue weighted by Gasteiger charge is 2.33. The Hall–Kier alpha value is -3.35. The second-order valence-electron chi connectivity index (χ2n) is 6.37. The molecule has 2 atom stereocenters. The van der Waals surface area contributed by atoms with Crippen molar-refractivity contribution in [1.29, 1.82) is 0 Å². The Kier molecular flexibility index (Phi) is 5.12. The molecule has 2 unspecified atom stereocenters. The lowest BCUT2D eigenvalue weighted by Crippen LogP contribution is -2.49. The molecular weight excluding hydrogens is 348 g/mol. The van der Waals surface area contributed by atoms with E-state index in [4.69, 9.17) is 9.84 Å². The third-order valence-electron chi connectivity index (χ3n) is 4.39. The monoisotopic (exact) mass is 368 g/mol. The number of nitrogens with zero attached hydrogens (tertiary/aromatic N) is 1. The van der Waals surface area contributed by atoms with Crippen molar-refractivity contribution >= 4 is 23.5 Å².